The van der Waals surface area contributed by atoms with Crippen molar-refractivity contribution in [2.45, 2.75) is 57.4 Å². The fourth-order valence-electron chi connectivity index (χ4n) is 4.56. The molecule has 0 aliphatic carbocycles. The van der Waals surface area contributed by atoms with Crippen molar-refractivity contribution in [3.63, 3.8) is 0 Å². The van der Waals surface area contributed by atoms with E-state index < -0.39 is 6.03 Å². The number of nitrogens with zero attached hydrogens (tertiary/aromatic N) is 3. The highest BCUT2D eigenvalue weighted by Gasteiger charge is 2.25. The molecule has 3 aliphatic rings. The highest BCUT2D eigenvalue weighted by Crippen LogP contribution is 2.19. The molecule has 0 radical (unpaired) electrons. The predicted octanol–water partition coefficient (Wildman–Crippen LogP) is 0.945. The lowest BCUT2D eigenvalue weighted by Gasteiger charge is -2.35. The number of amides is 3. The van der Waals surface area contributed by atoms with Gasteiger partial charge in [-0.3, -0.25) is 14.9 Å². The number of halogens is 1. The zero-order valence-electron chi connectivity index (χ0n) is 18.5. The average Bonchev–Trinajstić information content (AvgIpc) is 2.78. The van der Waals surface area contributed by atoms with E-state index in [1.807, 2.05) is 6.07 Å². The molecule has 1 aromatic heterocycles. The molecule has 4 heterocycles. The number of urea groups is 1. The molecule has 0 aromatic carbocycles. The minimum atomic E-state index is -0.430. The maximum absolute atomic E-state index is 12.9. The summed E-state index contributed by atoms with van der Waals surface area (Å²) in [7, 11) is 0. The van der Waals surface area contributed by atoms with Crippen molar-refractivity contribution in [2.75, 3.05) is 39.3 Å². The predicted molar refractivity (Wildman–Crippen MR) is 123 cm³/mol. The number of carbonyl (C=O) groups is 2. The number of likely N-dealkylation sites (tertiary alicyclic amines) is 1. The summed E-state index contributed by atoms with van der Waals surface area (Å²) in [6.07, 6.45) is 7.13. The van der Waals surface area contributed by atoms with Gasteiger partial charge >= 0.3 is 6.03 Å². The maximum atomic E-state index is 12.9. The maximum Gasteiger partial charge on any atom is 0.324 e. The number of hydrogen-bond donors (Lipinski definition) is 2. The molecule has 4 rings (SSSR count). The SMILES string of the molecule is Cl.O=C1CCN(Cc2cccn(CCN3CCC(OC4CCNCC4)CC3)c2=O)C(=O)N1. The Bertz CT molecular complexity index is 834. The lowest BCUT2D eigenvalue weighted by molar-refractivity contribution is -0.121. The molecule has 2 N–H and O–H groups in total. The van der Waals surface area contributed by atoms with Crippen LogP contribution >= 0.6 is 12.4 Å². The Morgan fingerprint density at radius 3 is 2.41 bits per heavy atom. The number of rotatable bonds is 7. The number of hydrogen-bond acceptors (Lipinski definition) is 6. The zero-order valence-corrected chi connectivity index (χ0v) is 19.3. The van der Waals surface area contributed by atoms with Gasteiger partial charge in [0.2, 0.25) is 5.91 Å². The van der Waals surface area contributed by atoms with E-state index in [0.717, 1.165) is 58.4 Å². The average molecular weight is 468 g/mol. The van der Waals surface area contributed by atoms with Gasteiger partial charge in [0.15, 0.2) is 0 Å². The number of aromatic nitrogens is 1. The van der Waals surface area contributed by atoms with Gasteiger partial charge in [-0.2, -0.15) is 0 Å². The van der Waals surface area contributed by atoms with E-state index in [4.69, 9.17) is 4.74 Å². The van der Waals surface area contributed by atoms with Crippen LogP contribution in [0.15, 0.2) is 23.1 Å². The Kier molecular flexibility index (Phi) is 9.10. The van der Waals surface area contributed by atoms with Crippen LogP contribution in [0.1, 0.15) is 37.7 Å². The van der Waals surface area contributed by atoms with Crippen molar-refractivity contribution in [1.29, 1.82) is 0 Å². The van der Waals surface area contributed by atoms with E-state index in [9.17, 15) is 14.4 Å². The molecular formula is C22H34ClN5O4. The van der Waals surface area contributed by atoms with Crippen molar-refractivity contribution in [1.82, 2.24) is 25.0 Å². The van der Waals surface area contributed by atoms with Gasteiger partial charge in [0.1, 0.15) is 0 Å². The molecule has 3 amide bonds. The van der Waals surface area contributed by atoms with E-state index >= 15 is 0 Å². The van der Waals surface area contributed by atoms with Crippen LogP contribution in [0.5, 0.6) is 0 Å². The van der Waals surface area contributed by atoms with E-state index in [1.165, 1.54) is 4.90 Å². The van der Waals surface area contributed by atoms with Gasteiger partial charge in [-0.25, -0.2) is 4.79 Å². The topological polar surface area (TPSA) is 95.9 Å². The third kappa shape index (κ3) is 6.54. The molecule has 0 unspecified atom stereocenters. The summed E-state index contributed by atoms with van der Waals surface area (Å²) in [5, 5.41) is 5.67. The van der Waals surface area contributed by atoms with Crippen LogP contribution in [0, 0.1) is 0 Å². The number of piperidine rings is 2. The minimum Gasteiger partial charge on any atom is -0.375 e. The van der Waals surface area contributed by atoms with E-state index in [2.05, 4.69) is 15.5 Å². The Labute approximate surface area is 194 Å². The van der Waals surface area contributed by atoms with Crippen molar-refractivity contribution in [3.8, 4) is 0 Å². The molecule has 0 atom stereocenters. The van der Waals surface area contributed by atoms with Gasteiger partial charge < -0.3 is 24.4 Å². The normalized spacial score (nSPS) is 21.3. The van der Waals surface area contributed by atoms with Crippen LogP contribution in [0.3, 0.4) is 0 Å². The van der Waals surface area contributed by atoms with Gasteiger partial charge in [-0.15, -0.1) is 12.4 Å². The first-order valence-electron chi connectivity index (χ1n) is 11.4. The molecule has 32 heavy (non-hydrogen) atoms. The third-order valence-electron chi connectivity index (χ3n) is 6.47. The number of nitrogens with one attached hydrogen (secondary N) is 2. The van der Waals surface area contributed by atoms with Crippen LogP contribution in [0.2, 0.25) is 0 Å². The zero-order chi connectivity index (χ0) is 21.6. The second-order valence-electron chi connectivity index (χ2n) is 8.68. The summed E-state index contributed by atoms with van der Waals surface area (Å²) in [5.74, 6) is -0.267. The first-order valence-corrected chi connectivity index (χ1v) is 11.4. The summed E-state index contributed by atoms with van der Waals surface area (Å²) in [6.45, 7) is 6.10. The van der Waals surface area contributed by atoms with Crippen molar-refractivity contribution in [3.05, 3.63) is 34.2 Å². The van der Waals surface area contributed by atoms with Gasteiger partial charge in [0, 0.05) is 50.9 Å². The van der Waals surface area contributed by atoms with E-state index in [1.54, 1.807) is 16.8 Å². The van der Waals surface area contributed by atoms with Crippen LogP contribution in [-0.2, 0) is 22.6 Å². The summed E-state index contributed by atoms with van der Waals surface area (Å²) >= 11 is 0. The first kappa shape index (κ1) is 24.7. The van der Waals surface area contributed by atoms with Gasteiger partial charge in [-0.05, 0) is 44.8 Å². The fraction of sp³-hybridized carbons (Fsp3) is 0.682. The van der Waals surface area contributed by atoms with Gasteiger partial charge in [0.25, 0.3) is 5.56 Å². The first-order chi connectivity index (χ1) is 15.1. The molecule has 178 valence electrons. The molecule has 3 aliphatic heterocycles. The number of imide groups is 1. The Balaban J connectivity index is 0.00000289. The smallest absolute Gasteiger partial charge is 0.324 e. The molecule has 0 bridgehead atoms. The minimum absolute atomic E-state index is 0. The van der Waals surface area contributed by atoms with Crippen LogP contribution in [0.4, 0.5) is 4.79 Å². The highest BCUT2D eigenvalue weighted by atomic mass is 35.5. The van der Waals surface area contributed by atoms with E-state index in [-0.39, 0.29) is 36.8 Å². The summed E-state index contributed by atoms with van der Waals surface area (Å²) in [5.41, 5.74) is 0.498. The van der Waals surface area contributed by atoms with Crippen LogP contribution < -0.4 is 16.2 Å². The molecule has 3 saturated heterocycles. The Hall–Kier alpha value is -1.94. The molecule has 0 spiro atoms. The van der Waals surface area contributed by atoms with Gasteiger partial charge in [0.05, 0.1) is 18.8 Å². The summed E-state index contributed by atoms with van der Waals surface area (Å²) in [6, 6.07) is 3.18. The summed E-state index contributed by atoms with van der Waals surface area (Å²) < 4.78 is 8.01. The highest BCUT2D eigenvalue weighted by molar-refractivity contribution is 5.96. The molecule has 3 fully saturated rings. The quantitative estimate of drug-likeness (QED) is 0.619. The van der Waals surface area contributed by atoms with Crippen LogP contribution in [0.25, 0.3) is 0 Å². The standard InChI is InChI=1S/C22H33N5O4.ClH/c28-20-7-13-27(22(30)24-20)16-17-2-1-10-26(21(17)29)15-14-25-11-5-19(6-12-25)31-18-3-8-23-9-4-18;/h1-2,10,18-19,23H,3-9,11-16H2,(H,24,28,30);1H. The van der Waals surface area contributed by atoms with Crippen molar-refractivity contribution >= 4 is 24.3 Å². The number of ether oxygens (including phenoxy) is 1. The second-order valence-corrected chi connectivity index (χ2v) is 8.68. The number of pyridine rings is 1. The monoisotopic (exact) mass is 467 g/mol. The number of carbonyl (C=O) groups excluding carboxylic acids is 2. The summed E-state index contributed by atoms with van der Waals surface area (Å²) in [4.78, 5) is 40.0. The second kappa shape index (κ2) is 11.8. The van der Waals surface area contributed by atoms with Gasteiger partial charge in [-0.1, -0.05) is 6.07 Å². The molecule has 0 saturated carbocycles. The van der Waals surface area contributed by atoms with Crippen LogP contribution in [-0.4, -0.2) is 77.8 Å². The molecular weight excluding hydrogens is 434 g/mol. The van der Waals surface area contributed by atoms with Crippen molar-refractivity contribution in [2.24, 2.45) is 0 Å². The van der Waals surface area contributed by atoms with E-state index in [0.29, 0.717) is 30.9 Å². The largest absolute Gasteiger partial charge is 0.375 e. The third-order valence-corrected chi connectivity index (χ3v) is 6.47. The molecule has 1 aromatic rings. The lowest BCUT2D eigenvalue weighted by atomic mass is 10.1. The van der Waals surface area contributed by atoms with Crippen molar-refractivity contribution < 1.29 is 14.3 Å². The Morgan fingerprint density at radius 2 is 1.69 bits per heavy atom. The molecule has 9 nitrogen and oxygen atoms in total. The lowest BCUT2D eigenvalue weighted by Crippen LogP contribution is -2.49. The molecule has 10 heteroatoms. The Morgan fingerprint density at radius 1 is 0.969 bits per heavy atom. The fourth-order valence-corrected chi connectivity index (χ4v) is 4.56.